The lowest BCUT2D eigenvalue weighted by Crippen LogP contribution is -2.42. The molecule has 3 heterocycles. The summed E-state index contributed by atoms with van der Waals surface area (Å²) in [7, 11) is 0. The highest BCUT2D eigenvalue weighted by Gasteiger charge is 2.57. The minimum absolute atomic E-state index is 0.0124. The summed E-state index contributed by atoms with van der Waals surface area (Å²) in [5.74, 6) is -1.40. The highest BCUT2D eigenvalue weighted by Crippen LogP contribution is 2.42. The van der Waals surface area contributed by atoms with E-state index >= 15 is 0 Å². The van der Waals surface area contributed by atoms with Crippen LogP contribution in [0, 0.1) is 0 Å². The van der Waals surface area contributed by atoms with Crippen LogP contribution in [0.3, 0.4) is 0 Å². The summed E-state index contributed by atoms with van der Waals surface area (Å²) in [6, 6.07) is 19.2. The van der Waals surface area contributed by atoms with Gasteiger partial charge in [0.05, 0.1) is 32.2 Å². The van der Waals surface area contributed by atoms with Crippen molar-refractivity contribution in [2.24, 2.45) is 5.73 Å². The first-order chi connectivity index (χ1) is 17.8. The molecule has 3 aromatic rings. The van der Waals surface area contributed by atoms with Crippen molar-refractivity contribution in [1.29, 1.82) is 0 Å². The highest BCUT2D eigenvalue weighted by molar-refractivity contribution is 5.95. The van der Waals surface area contributed by atoms with E-state index in [0.717, 1.165) is 11.1 Å². The molecule has 0 unspecified atom stereocenters. The van der Waals surface area contributed by atoms with E-state index in [9.17, 15) is 4.79 Å². The maximum Gasteiger partial charge on any atom is 0.271 e. The van der Waals surface area contributed by atoms with Crippen LogP contribution in [-0.4, -0.2) is 52.5 Å². The molecule has 37 heavy (non-hydrogen) atoms. The second-order valence-corrected chi connectivity index (χ2v) is 9.65. The summed E-state index contributed by atoms with van der Waals surface area (Å²) >= 11 is 0. The molecule has 2 fully saturated rings. The number of amides is 1. The number of nitrogens with zero attached hydrogens (tertiary/aromatic N) is 2. The van der Waals surface area contributed by atoms with Crippen molar-refractivity contribution in [3.63, 3.8) is 0 Å². The molecule has 5 atom stereocenters. The van der Waals surface area contributed by atoms with Crippen molar-refractivity contribution >= 4 is 11.7 Å². The zero-order valence-electron chi connectivity index (χ0n) is 20.9. The van der Waals surface area contributed by atoms with Crippen LogP contribution in [0.15, 0.2) is 67.0 Å². The molecule has 2 aliphatic rings. The zero-order chi connectivity index (χ0) is 26.0. The third kappa shape index (κ3) is 5.53. The molecule has 1 aromatic heterocycles. The van der Waals surface area contributed by atoms with Gasteiger partial charge in [-0.3, -0.25) is 4.79 Å². The molecule has 2 saturated heterocycles. The molecule has 196 valence electrons. The predicted molar refractivity (Wildman–Crippen MR) is 134 cm³/mol. The van der Waals surface area contributed by atoms with Crippen molar-refractivity contribution < 1.29 is 28.5 Å². The van der Waals surface area contributed by atoms with Gasteiger partial charge in [-0.25, -0.2) is 4.98 Å². The van der Waals surface area contributed by atoms with Gasteiger partial charge >= 0.3 is 0 Å². The number of anilines is 1. The van der Waals surface area contributed by atoms with Gasteiger partial charge in [0, 0.05) is 0 Å². The third-order valence-electron chi connectivity index (χ3n) is 6.51. The zero-order valence-corrected chi connectivity index (χ0v) is 20.9. The van der Waals surface area contributed by atoms with Crippen LogP contribution in [0.5, 0.6) is 0 Å². The molecule has 0 saturated carbocycles. The molecule has 0 bridgehead atoms. The Balaban J connectivity index is 1.43. The minimum Gasteiger partial charge on any atom is -0.383 e. The average Bonchev–Trinajstić information content (AvgIpc) is 3.51. The molecule has 2 aliphatic heterocycles. The maximum absolute atomic E-state index is 11.9. The number of rotatable bonds is 10. The molecule has 0 radical (unpaired) electrons. The molecule has 0 aliphatic carbocycles. The van der Waals surface area contributed by atoms with Gasteiger partial charge in [0.15, 0.2) is 17.8 Å². The number of nitrogen functional groups attached to an aromatic ring is 1. The van der Waals surface area contributed by atoms with Crippen molar-refractivity contribution in [2.45, 2.75) is 63.5 Å². The van der Waals surface area contributed by atoms with E-state index in [2.05, 4.69) is 4.98 Å². The SMILES string of the molecule is CC1(C)O[C@H]2O[C@H]([C@H](COCc3ccccc3)n3cnc(C(N)=O)c3N)[C@H](OCc3ccccc3)[C@H]2O1. The largest absolute Gasteiger partial charge is 0.383 e. The van der Waals surface area contributed by atoms with Crippen LogP contribution in [0.25, 0.3) is 0 Å². The number of carbonyl (C=O) groups is 1. The van der Waals surface area contributed by atoms with Crippen LogP contribution in [0.2, 0.25) is 0 Å². The Hall–Kier alpha value is -3.28. The standard InChI is InChI=1S/C27H32N4O6/c1-27(2)36-23-22(34-14-18-11-7-4-8-12-18)21(35-26(23)37-27)19(15-33-13-17-9-5-3-6-10-17)31-16-30-20(24(31)28)25(29)32/h3-12,16,19,21-23,26H,13-15,28H2,1-2H3,(H2,29,32)/t19-,21+,22-,23+,26+/m0/s1. The van der Waals surface area contributed by atoms with E-state index in [0.29, 0.717) is 13.2 Å². The quantitative estimate of drug-likeness (QED) is 0.427. The lowest BCUT2D eigenvalue weighted by molar-refractivity contribution is -0.226. The molecule has 0 spiro atoms. The maximum atomic E-state index is 11.9. The van der Waals surface area contributed by atoms with Gasteiger partial charge in [0.25, 0.3) is 5.91 Å². The van der Waals surface area contributed by atoms with Crippen molar-refractivity contribution in [3.05, 3.63) is 83.8 Å². The van der Waals surface area contributed by atoms with Gasteiger partial charge in [-0.1, -0.05) is 60.7 Å². The van der Waals surface area contributed by atoms with Crippen molar-refractivity contribution in [3.8, 4) is 0 Å². The van der Waals surface area contributed by atoms with Gasteiger partial charge in [-0.2, -0.15) is 0 Å². The summed E-state index contributed by atoms with van der Waals surface area (Å²) in [6.45, 7) is 4.61. The summed E-state index contributed by atoms with van der Waals surface area (Å²) in [6.07, 6.45) is -0.735. The van der Waals surface area contributed by atoms with Gasteiger partial charge in [0.1, 0.15) is 24.1 Å². The van der Waals surface area contributed by atoms with Gasteiger partial charge in [-0.05, 0) is 25.0 Å². The van der Waals surface area contributed by atoms with Crippen LogP contribution in [0.1, 0.15) is 41.5 Å². The Morgan fingerprint density at radius 1 is 1.05 bits per heavy atom. The Kier molecular flexibility index (Phi) is 7.27. The fourth-order valence-electron chi connectivity index (χ4n) is 4.80. The van der Waals surface area contributed by atoms with Crippen LogP contribution in [-0.2, 0) is 36.9 Å². The summed E-state index contributed by atoms with van der Waals surface area (Å²) in [5.41, 5.74) is 13.8. The number of fused-ring (bicyclic) bond motifs is 1. The second kappa shape index (κ2) is 10.6. The Bertz CT molecular complexity index is 1200. The number of benzene rings is 2. The minimum atomic E-state index is -0.818. The van der Waals surface area contributed by atoms with E-state index in [-0.39, 0.29) is 18.1 Å². The van der Waals surface area contributed by atoms with E-state index in [1.807, 2.05) is 74.5 Å². The molecular formula is C27H32N4O6. The van der Waals surface area contributed by atoms with Gasteiger partial charge in [-0.15, -0.1) is 0 Å². The lowest BCUT2D eigenvalue weighted by Gasteiger charge is -2.32. The Labute approximate surface area is 215 Å². The first-order valence-electron chi connectivity index (χ1n) is 12.2. The van der Waals surface area contributed by atoms with Crippen molar-refractivity contribution in [2.75, 3.05) is 12.3 Å². The highest BCUT2D eigenvalue weighted by atomic mass is 16.8. The number of carbonyl (C=O) groups excluding carboxylic acids is 1. The first kappa shape index (κ1) is 25.4. The number of nitrogens with two attached hydrogens (primary N) is 2. The smallest absolute Gasteiger partial charge is 0.271 e. The number of imidazole rings is 1. The summed E-state index contributed by atoms with van der Waals surface area (Å²) in [4.78, 5) is 16.0. The van der Waals surface area contributed by atoms with E-state index in [1.165, 1.54) is 6.33 Å². The molecule has 10 heteroatoms. The van der Waals surface area contributed by atoms with Gasteiger partial charge < -0.3 is 39.7 Å². The molecule has 1 amide bonds. The molecule has 10 nitrogen and oxygen atoms in total. The molecular weight excluding hydrogens is 476 g/mol. The number of aromatic nitrogens is 2. The van der Waals surface area contributed by atoms with Gasteiger partial charge in [0.2, 0.25) is 0 Å². The first-order valence-corrected chi connectivity index (χ1v) is 12.2. The number of hydrogen-bond acceptors (Lipinski definition) is 8. The van der Waals surface area contributed by atoms with E-state index in [4.69, 9.17) is 35.2 Å². The summed E-state index contributed by atoms with van der Waals surface area (Å²) in [5, 5.41) is 0. The van der Waals surface area contributed by atoms with E-state index < -0.39 is 42.3 Å². The Morgan fingerprint density at radius 3 is 2.32 bits per heavy atom. The monoisotopic (exact) mass is 508 g/mol. The normalized spacial score (nSPS) is 25.1. The third-order valence-corrected chi connectivity index (χ3v) is 6.51. The molecule has 5 rings (SSSR count). The van der Waals surface area contributed by atoms with Crippen LogP contribution >= 0.6 is 0 Å². The average molecular weight is 509 g/mol. The number of hydrogen-bond donors (Lipinski definition) is 2. The number of ether oxygens (including phenoxy) is 5. The fourth-order valence-corrected chi connectivity index (χ4v) is 4.80. The topological polar surface area (TPSA) is 133 Å². The van der Waals surface area contributed by atoms with E-state index in [1.54, 1.807) is 4.57 Å². The van der Waals surface area contributed by atoms with Crippen LogP contribution < -0.4 is 11.5 Å². The molecule has 2 aromatic carbocycles. The summed E-state index contributed by atoms with van der Waals surface area (Å²) < 4.78 is 32.8. The second-order valence-electron chi connectivity index (χ2n) is 9.65. The Morgan fingerprint density at radius 2 is 1.70 bits per heavy atom. The predicted octanol–water partition coefficient (Wildman–Crippen LogP) is 2.78. The van der Waals surface area contributed by atoms with Crippen molar-refractivity contribution in [1.82, 2.24) is 9.55 Å². The lowest BCUT2D eigenvalue weighted by atomic mass is 10.0. The van der Waals surface area contributed by atoms with Crippen LogP contribution in [0.4, 0.5) is 5.82 Å². The number of primary amides is 1. The fraction of sp³-hybridized carbons (Fsp3) is 0.407. The molecule has 4 N–H and O–H groups in total.